The number of nitrogens with one attached hydrogen (secondary N) is 1. The maximum absolute atomic E-state index is 5.43. The molecule has 15 heavy (non-hydrogen) atoms. The first-order chi connectivity index (χ1) is 7.16. The summed E-state index contributed by atoms with van der Waals surface area (Å²) in [4.78, 5) is 4.31. The summed E-state index contributed by atoms with van der Waals surface area (Å²) in [5, 5.41) is 4.17. The van der Waals surface area contributed by atoms with E-state index >= 15 is 0 Å². The van der Waals surface area contributed by atoms with Gasteiger partial charge in [0.2, 0.25) is 0 Å². The molecule has 2 aromatic rings. The normalized spacial score (nSPS) is 10.2. The standard InChI is InChI=1S/C10H8BrN3S/c11-7-4-6-2-1-3-8(14-10(12)15)9(6)13-5-7/h1-5H,(H3,12,14,15). The largest absolute Gasteiger partial charge is 0.376 e. The third-order valence-corrected chi connectivity index (χ3v) is 2.47. The van der Waals surface area contributed by atoms with Crippen molar-refractivity contribution in [2.45, 2.75) is 0 Å². The van der Waals surface area contributed by atoms with E-state index in [1.165, 1.54) is 0 Å². The van der Waals surface area contributed by atoms with Crippen molar-refractivity contribution < 1.29 is 0 Å². The maximum atomic E-state index is 5.43. The lowest BCUT2D eigenvalue weighted by molar-refractivity contribution is 1.39. The molecule has 1 aromatic carbocycles. The van der Waals surface area contributed by atoms with Gasteiger partial charge in [0, 0.05) is 16.1 Å². The van der Waals surface area contributed by atoms with Crippen LogP contribution < -0.4 is 11.1 Å². The van der Waals surface area contributed by atoms with Crippen molar-refractivity contribution in [2.75, 3.05) is 5.32 Å². The number of fused-ring (bicyclic) bond motifs is 1. The van der Waals surface area contributed by atoms with Gasteiger partial charge >= 0.3 is 0 Å². The molecule has 3 N–H and O–H groups in total. The van der Waals surface area contributed by atoms with Crippen LogP contribution in [0, 0.1) is 0 Å². The van der Waals surface area contributed by atoms with E-state index in [4.69, 9.17) is 18.0 Å². The van der Waals surface area contributed by atoms with Crippen molar-refractivity contribution in [3.63, 3.8) is 0 Å². The van der Waals surface area contributed by atoms with Gasteiger partial charge < -0.3 is 11.1 Å². The number of hydrogen-bond acceptors (Lipinski definition) is 2. The molecule has 0 aliphatic rings. The van der Waals surface area contributed by atoms with Crippen molar-refractivity contribution in [1.82, 2.24) is 4.98 Å². The average molecular weight is 282 g/mol. The van der Waals surface area contributed by atoms with Crippen LogP contribution in [0.15, 0.2) is 34.9 Å². The number of anilines is 1. The highest BCUT2D eigenvalue weighted by molar-refractivity contribution is 9.10. The Balaban J connectivity index is 2.60. The molecule has 76 valence electrons. The predicted molar refractivity (Wildman–Crippen MR) is 69.9 cm³/mol. The number of halogens is 1. The first-order valence-electron chi connectivity index (χ1n) is 4.27. The number of benzene rings is 1. The summed E-state index contributed by atoms with van der Waals surface area (Å²) in [7, 11) is 0. The fourth-order valence-electron chi connectivity index (χ4n) is 1.37. The molecule has 0 saturated carbocycles. The topological polar surface area (TPSA) is 50.9 Å². The third-order valence-electron chi connectivity index (χ3n) is 1.94. The molecular weight excluding hydrogens is 274 g/mol. The van der Waals surface area contributed by atoms with E-state index < -0.39 is 0 Å². The van der Waals surface area contributed by atoms with Crippen LogP contribution >= 0.6 is 28.1 Å². The maximum Gasteiger partial charge on any atom is 0.168 e. The predicted octanol–water partition coefficient (Wildman–Crippen LogP) is 2.65. The SMILES string of the molecule is NC(=S)Nc1cccc2cc(Br)cnc12. The molecule has 0 aliphatic heterocycles. The summed E-state index contributed by atoms with van der Waals surface area (Å²) < 4.78 is 0.947. The number of nitrogens with zero attached hydrogens (tertiary/aromatic N) is 1. The number of rotatable bonds is 1. The van der Waals surface area contributed by atoms with Gasteiger partial charge in [0.1, 0.15) is 0 Å². The number of nitrogens with two attached hydrogens (primary N) is 1. The van der Waals surface area contributed by atoms with Crippen LogP contribution in [0.1, 0.15) is 0 Å². The zero-order valence-corrected chi connectivity index (χ0v) is 10.1. The van der Waals surface area contributed by atoms with Gasteiger partial charge in [-0.25, -0.2) is 0 Å². The van der Waals surface area contributed by atoms with E-state index in [-0.39, 0.29) is 5.11 Å². The number of para-hydroxylation sites is 1. The second-order valence-corrected chi connectivity index (χ2v) is 4.38. The van der Waals surface area contributed by atoms with E-state index in [0.717, 1.165) is 21.1 Å². The van der Waals surface area contributed by atoms with Crippen molar-refractivity contribution in [2.24, 2.45) is 5.73 Å². The summed E-state index contributed by atoms with van der Waals surface area (Å²) in [5.74, 6) is 0. The third kappa shape index (κ3) is 2.24. The lowest BCUT2D eigenvalue weighted by Crippen LogP contribution is -2.19. The first-order valence-corrected chi connectivity index (χ1v) is 5.47. The molecule has 0 atom stereocenters. The second kappa shape index (κ2) is 4.12. The molecule has 0 radical (unpaired) electrons. The smallest absolute Gasteiger partial charge is 0.168 e. The Bertz CT molecular complexity index is 527. The summed E-state index contributed by atoms with van der Waals surface area (Å²) >= 11 is 8.17. The minimum atomic E-state index is 0.243. The number of thiocarbonyl (C=S) groups is 1. The second-order valence-electron chi connectivity index (χ2n) is 3.02. The lowest BCUT2D eigenvalue weighted by Gasteiger charge is -2.06. The fraction of sp³-hybridized carbons (Fsp3) is 0. The minimum Gasteiger partial charge on any atom is -0.376 e. The zero-order chi connectivity index (χ0) is 10.8. The van der Waals surface area contributed by atoms with Gasteiger partial charge in [-0.3, -0.25) is 4.98 Å². The van der Waals surface area contributed by atoms with Crippen molar-refractivity contribution in [3.8, 4) is 0 Å². The van der Waals surface area contributed by atoms with E-state index in [1.807, 2.05) is 24.3 Å². The quantitative estimate of drug-likeness (QED) is 0.789. The molecule has 0 aliphatic carbocycles. The number of hydrogen-bond donors (Lipinski definition) is 2. The molecule has 1 aromatic heterocycles. The minimum absolute atomic E-state index is 0.243. The monoisotopic (exact) mass is 281 g/mol. The van der Waals surface area contributed by atoms with Crippen LogP contribution in [0.2, 0.25) is 0 Å². The first kappa shape index (κ1) is 10.3. The highest BCUT2D eigenvalue weighted by atomic mass is 79.9. The van der Waals surface area contributed by atoms with Gasteiger partial charge in [-0.2, -0.15) is 0 Å². The van der Waals surface area contributed by atoms with Gasteiger partial charge in [-0.15, -0.1) is 0 Å². The summed E-state index contributed by atoms with van der Waals surface area (Å²) in [6.07, 6.45) is 1.74. The Morgan fingerprint density at radius 1 is 1.47 bits per heavy atom. The Labute approximate surface area is 101 Å². The van der Waals surface area contributed by atoms with E-state index in [1.54, 1.807) is 6.20 Å². The Kier molecular flexibility index (Phi) is 2.83. The highest BCUT2D eigenvalue weighted by Crippen LogP contribution is 2.23. The van der Waals surface area contributed by atoms with E-state index in [9.17, 15) is 0 Å². The van der Waals surface area contributed by atoms with Crippen LogP contribution in [-0.2, 0) is 0 Å². The van der Waals surface area contributed by atoms with Gasteiger partial charge in [0.25, 0.3) is 0 Å². The van der Waals surface area contributed by atoms with Crippen molar-refractivity contribution in [1.29, 1.82) is 0 Å². The average Bonchev–Trinajstić information content (AvgIpc) is 2.16. The van der Waals surface area contributed by atoms with Gasteiger partial charge in [0.05, 0.1) is 11.2 Å². The molecule has 0 bridgehead atoms. The van der Waals surface area contributed by atoms with Crippen LogP contribution in [0.25, 0.3) is 10.9 Å². The zero-order valence-electron chi connectivity index (χ0n) is 7.70. The Hall–Kier alpha value is -1.20. The van der Waals surface area contributed by atoms with Crippen LogP contribution in [0.5, 0.6) is 0 Å². The summed E-state index contributed by atoms with van der Waals surface area (Å²) in [6, 6.07) is 7.80. The van der Waals surface area contributed by atoms with Crippen LogP contribution in [0.4, 0.5) is 5.69 Å². The molecule has 5 heteroatoms. The molecule has 0 saturated heterocycles. The summed E-state index contributed by atoms with van der Waals surface area (Å²) in [5.41, 5.74) is 7.11. The lowest BCUT2D eigenvalue weighted by atomic mass is 10.2. The summed E-state index contributed by atoms with van der Waals surface area (Å²) in [6.45, 7) is 0. The molecular formula is C10H8BrN3S. The molecule has 0 unspecified atom stereocenters. The fourth-order valence-corrected chi connectivity index (χ4v) is 1.83. The van der Waals surface area contributed by atoms with Gasteiger partial charge in [-0.1, -0.05) is 12.1 Å². The molecule has 2 rings (SSSR count). The molecule has 1 heterocycles. The Morgan fingerprint density at radius 2 is 2.27 bits per heavy atom. The molecule has 0 spiro atoms. The number of pyridine rings is 1. The Morgan fingerprint density at radius 3 is 3.00 bits per heavy atom. The van der Waals surface area contributed by atoms with E-state index in [0.29, 0.717) is 0 Å². The number of aromatic nitrogens is 1. The highest BCUT2D eigenvalue weighted by Gasteiger charge is 2.02. The van der Waals surface area contributed by atoms with Gasteiger partial charge in [-0.05, 0) is 40.3 Å². The molecule has 0 amide bonds. The van der Waals surface area contributed by atoms with Gasteiger partial charge in [0.15, 0.2) is 5.11 Å². The van der Waals surface area contributed by atoms with Crippen LogP contribution in [-0.4, -0.2) is 10.1 Å². The van der Waals surface area contributed by atoms with E-state index in [2.05, 4.69) is 26.2 Å². The molecule has 3 nitrogen and oxygen atoms in total. The molecule has 0 fully saturated rings. The van der Waals surface area contributed by atoms with Crippen molar-refractivity contribution >= 4 is 49.9 Å². The van der Waals surface area contributed by atoms with Crippen LogP contribution in [0.3, 0.4) is 0 Å². The van der Waals surface area contributed by atoms with Crippen molar-refractivity contribution in [3.05, 3.63) is 34.9 Å².